The van der Waals surface area contributed by atoms with E-state index in [1.165, 1.54) is 35.5 Å². The molecule has 0 saturated carbocycles. The number of thioether (sulfide) groups is 1. The second-order valence-corrected chi connectivity index (χ2v) is 8.57. The third kappa shape index (κ3) is 4.97. The molecule has 0 amide bonds. The van der Waals surface area contributed by atoms with Gasteiger partial charge in [-0.2, -0.15) is 0 Å². The summed E-state index contributed by atoms with van der Waals surface area (Å²) < 4.78 is 50.0. The van der Waals surface area contributed by atoms with E-state index >= 15 is 0 Å². The number of nitrogens with one attached hydrogen (secondary N) is 2. The van der Waals surface area contributed by atoms with Crippen LogP contribution in [0.4, 0.5) is 24.7 Å². The second kappa shape index (κ2) is 9.54. The molecule has 2 aliphatic rings. The molecule has 184 valence electrons. The van der Waals surface area contributed by atoms with Crippen LogP contribution < -0.4 is 36.3 Å². The molecule has 0 saturated heterocycles. The van der Waals surface area contributed by atoms with E-state index < -0.39 is 29.7 Å². The molecule has 2 aliphatic heterocycles. The summed E-state index contributed by atoms with van der Waals surface area (Å²) in [6.07, 6.45) is -3.88. The fraction of sp³-hybridized carbons (Fsp3) is 0.400. The van der Waals surface area contributed by atoms with E-state index in [1.54, 1.807) is 11.1 Å². The summed E-state index contributed by atoms with van der Waals surface area (Å²) in [6.45, 7) is 0.114. The third-order valence-electron chi connectivity index (χ3n) is 5.14. The standard InChI is InChI=1S/C20H22F3N5O5S/c1-26-16-15(17(30)27(19(26)31)7-3-8-29)28(11-14-24-6-9-34-14)18(25-16)32-12-4-2-5-13(10-12)33-20(21,22)23/h2,4-6,9-10,14,18,24-25,29H,3,7-8,11H2,1H3. The molecule has 2 unspecified atom stereocenters. The van der Waals surface area contributed by atoms with Gasteiger partial charge in [-0.25, -0.2) is 4.79 Å². The van der Waals surface area contributed by atoms with Crippen molar-refractivity contribution >= 4 is 23.3 Å². The Morgan fingerprint density at radius 1 is 1.24 bits per heavy atom. The molecule has 4 rings (SSSR count). The summed E-state index contributed by atoms with van der Waals surface area (Å²) in [5.74, 6) is -0.172. The number of aliphatic hydroxyl groups is 1. The van der Waals surface area contributed by atoms with E-state index in [-0.39, 0.29) is 48.7 Å². The number of aliphatic hydroxyl groups excluding tert-OH is 1. The highest BCUT2D eigenvalue weighted by molar-refractivity contribution is 8.02. The summed E-state index contributed by atoms with van der Waals surface area (Å²) in [6, 6.07) is 5.02. The maximum absolute atomic E-state index is 13.3. The van der Waals surface area contributed by atoms with Crippen molar-refractivity contribution in [3.8, 4) is 11.5 Å². The predicted octanol–water partition coefficient (Wildman–Crippen LogP) is 1.56. The maximum Gasteiger partial charge on any atom is 0.573 e. The Balaban J connectivity index is 1.69. The molecule has 2 aromatic rings. The maximum atomic E-state index is 13.3. The first-order valence-electron chi connectivity index (χ1n) is 10.2. The van der Waals surface area contributed by atoms with E-state index in [0.29, 0.717) is 0 Å². The van der Waals surface area contributed by atoms with Crippen molar-refractivity contribution in [1.29, 1.82) is 0 Å². The zero-order valence-corrected chi connectivity index (χ0v) is 18.7. The summed E-state index contributed by atoms with van der Waals surface area (Å²) in [4.78, 5) is 27.6. The largest absolute Gasteiger partial charge is 0.573 e. The number of ether oxygens (including phenoxy) is 2. The number of fused-ring (bicyclic) bond motifs is 1. The third-order valence-corrected chi connectivity index (χ3v) is 6.04. The lowest BCUT2D eigenvalue weighted by molar-refractivity contribution is -0.274. The van der Waals surface area contributed by atoms with Crippen molar-refractivity contribution in [3.05, 3.63) is 56.7 Å². The quantitative estimate of drug-likeness (QED) is 0.496. The first-order valence-corrected chi connectivity index (χ1v) is 11.2. The first-order chi connectivity index (χ1) is 16.2. The first kappa shape index (κ1) is 23.9. The van der Waals surface area contributed by atoms with Gasteiger partial charge in [0.1, 0.15) is 23.0 Å². The van der Waals surface area contributed by atoms with Crippen molar-refractivity contribution in [2.75, 3.05) is 23.4 Å². The minimum absolute atomic E-state index is 0.0312. The van der Waals surface area contributed by atoms with Crippen molar-refractivity contribution < 1.29 is 27.8 Å². The van der Waals surface area contributed by atoms with Crippen molar-refractivity contribution in [1.82, 2.24) is 14.5 Å². The monoisotopic (exact) mass is 501 g/mol. The molecule has 1 aromatic carbocycles. The normalized spacial score (nSPS) is 19.0. The molecule has 0 bridgehead atoms. The van der Waals surface area contributed by atoms with Gasteiger partial charge in [-0.1, -0.05) is 6.07 Å². The van der Waals surface area contributed by atoms with E-state index in [0.717, 1.165) is 16.7 Å². The zero-order valence-electron chi connectivity index (χ0n) is 17.9. The van der Waals surface area contributed by atoms with Crippen LogP contribution in [0.3, 0.4) is 0 Å². The zero-order chi connectivity index (χ0) is 24.5. The summed E-state index contributed by atoms with van der Waals surface area (Å²) in [7, 11) is 1.49. The lowest BCUT2D eigenvalue weighted by Gasteiger charge is -2.28. The van der Waals surface area contributed by atoms with Gasteiger partial charge in [-0.15, -0.1) is 24.9 Å². The topological polar surface area (TPSA) is 110 Å². The average Bonchev–Trinajstić information content (AvgIpc) is 3.40. The number of nitrogens with zero attached hydrogens (tertiary/aromatic N) is 3. The number of anilines is 2. The Bertz CT molecular complexity index is 1190. The Labute approximate surface area is 195 Å². The van der Waals surface area contributed by atoms with Crippen molar-refractivity contribution in [2.24, 2.45) is 7.05 Å². The molecule has 34 heavy (non-hydrogen) atoms. The van der Waals surface area contributed by atoms with Crippen LogP contribution in [0.15, 0.2) is 45.5 Å². The van der Waals surface area contributed by atoms with Crippen LogP contribution >= 0.6 is 11.8 Å². The molecule has 0 spiro atoms. The van der Waals surface area contributed by atoms with Gasteiger partial charge in [0.15, 0.2) is 0 Å². The highest BCUT2D eigenvalue weighted by Gasteiger charge is 2.38. The van der Waals surface area contributed by atoms with Gasteiger partial charge in [0.2, 0.25) is 0 Å². The van der Waals surface area contributed by atoms with E-state index in [2.05, 4.69) is 15.4 Å². The molecule has 14 heteroatoms. The van der Waals surface area contributed by atoms with Crippen LogP contribution in [-0.4, -0.2) is 45.5 Å². The number of benzene rings is 1. The molecule has 0 aliphatic carbocycles. The molecule has 3 N–H and O–H groups in total. The van der Waals surface area contributed by atoms with Crippen molar-refractivity contribution in [2.45, 2.75) is 31.1 Å². The molecule has 10 nitrogen and oxygen atoms in total. The predicted molar refractivity (Wildman–Crippen MR) is 120 cm³/mol. The van der Waals surface area contributed by atoms with E-state index in [9.17, 15) is 22.8 Å². The minimum atomic E-state index is -4.86. The van der Waals surface area contributed by atoms with Crippen LogP contribution in [0.25, 0.3) is 0 Å². The van der Waals surface area contributed by atoms with Crippen molar-refractivity contribution in [3.63, 3.8) is 0 Å². The van der Waals surface area contributed by atoms with Crippen LogP contribution in [0.2, 0.25) is 0 Å². The van der Waals surface area contributed by atoms with Gasteiger partial charge in [0.05, 0.1) is 11.9 Å². The highest BCUT2D eigenvalue weighted by Crippen LogP contribution is 2.34. The Hall–Kier alpha value is -3.26. The van der Waals surface area contributed by atoms with Gasteiger partial charge in [-0.3, -0.25) is 13.9 Å². The SMILES string of the molecule is Cn1c2c(c(=O)n(CCCO)c1=O)N(CC1NC=CS1)C(Oc1cccc(OC(F)(F)F)c1)N2. The lowest BCUT2D eigenvalue weighted by Crippen LogP contribution is -2.47. The number of halogens is 3. The fourth-order valence-electron chi connectivity index (χ4n) is 3.66. The van der Waals surface area contributed by atoms with Crippen LogP contribution in [0, 0.1) is 0 Å². The number of aromatic nitrogens is 2. The molecular weight excluding hydrogens is 479 g/mol. The van der Waals surface area contributed by atoms with Gasteiger partial charge in [-0.05, 0) is 24.0 Å². The minimum Gasteiger partial charge on any atom is -0.452 e. The lowest BCUT2D eigenvalue weighted by atomic mass is 10.3. The summed E-state index contributed by atoms with van der Waals surface area (Å²) >= 11 is 1.48. The smallest absolute Gasteiger partial charge is 0.452 e. The Kier molecular flexibility index (Phi) is 6.70. The van der Waals surface area contributed by atoms with E-state index in [1.807, 2.05) is 5.41 Å². The second-order valence-electron chi connectivity index (χ2n) is 7.46. The molecule has 0 radical (unpaired) electrons. The molecule has 2 atom stereocenters. The van der Waals surface area contributed by atoms with E-state index in [4.69, 9.17) is 9.84 Å². The number of rotatable bonds is 8. The van der Waals surface area contributed by atoms with Gasteiger partial charge < -0.3 is 30.1 Å². The van der Waals surface area contributed by atoms with Crippen LogP contribution in [0.1, 0.15) is 6.42 Å². The molecule has 0 fully saturated rings. The highest BCUT2D eigenvalue weighted by atomic mass is 32.2. The van der Waals surface area contributed by atoms with Crippen LogP contribution in [-0.2, 0) is 13.6 Å². The summed E-state index contributed by atoms with van der Waals surface area (Å²) in [5, 5.41) is 17.0. The summed E-state index contributed by atoms with van der Waals surface area (Å²) in [5.41, 5.74) is -0.946. The van der Waals surface area contributed by atoms with Gasteiger partial charge in [0, 0.05) is 32.5 Å². The molecular formula is C20H22F3N5O5S. The van der Waals surface area contributed by atoms with Gasteiger partial charge in [0.25, 0.3) is 11.9 Å². The number of hydrogen-bond acceptors (Lipinski definition) is 9. The Morgan fingerprint density at radius 2 is 2.00 bits per heavy atom. The van der Waals surface area contributed by atoms with Crippen LogP contribution in [0.5, 0.6) is 11.5 Å². The fourth-order valence-corrected chi connectivity index (χ4v) is 4.41. The Morgan fingerprint density at radius 3 is 2.68 bits per heavy atom. The number of alkyl halides is 3. The number of hydrogen-bond donors (Lipinski definition) is 3. The average molecular weight is 501 g/mol. The molecule has 3 heterocycles. The van der Waals surface area contributed by atoms with Gasteiger partial charge >= 0.3 is 12.1 Å². The molecule has 1 aromatic heterocycles.